The molecule has 0 aliphatic heterocycles. The Morgan fingerprint density at radius 3 is 2.69 bits per heavy atom. The second kappa shape index (κ2) is 3.76. The molecular formula is C10H9ClFN. The second-order valence-electron chi connectivity index (χ2n) is 2.93. The third kappa shape index (κ3) is 1.81. The maximum Gasteiger partial charge on any atom is 0.145 e. The number of rotatable bonds is 1. The van der Waals surface area contributed by atoms with E-state index in [0.717, 1.165) is 0 Å². The van der Waals surface area contributed by atoms with E-state index in [9.17, 15) is 4.39 Å². The van der Waals surface area contributed by atoms with Gasteiger partial charge in [-0.25, -0.2) is 4.39 Å². The highest BCUT2D eigenvalue weighted by atomic mass is 35.5. The van der Waals surface area contributed by atoms with Gasteiger partial charge in [-0.3, -0.25) is 0 Å². The molecule has 0 aliphatic carbocycles. The third-order valence-corrected chi connectivity index (χ3v) is 2.33. The lowest BCUT2D eigenvalue weighted by atomic mass is 9.97. The number of halogens is 2. The zero-order valence-corrected chi connectivity index (χ0v) is 8.19. The lowest BCUT2D eigenvalue weighted by Gasteiger charge is -2.08. The van der Waals surface area contributed by atoms with Crippen molar-refractivity contribution in [2.24, 2.45) is 0 Å². The van der Waals surface area contributed by atoms with Gasteiger partial charge in [0.1, 0.15) is 5.82 Å². The van der Waals surface area contributed by atoms with Crippen LogP contribution in [0.1, 0.15) is 24.0 Å². The predicted octanol–water partition coefficient (Wildman–Crippen LogP) is 3.41. The maximum absolute atomic E-state index is 13.2. The molecule has 1 nitrogen and oxygen atoms in total. The molecular weight excluding hydrogens is 189 g/mol. The van der Waals surface area contributed by atoms with Crippen LogP contribution in [0.15, 0.2) is 12.1 Å². The fraction of sp³-hybridized carbons (Fsp3) is 0.300. The van der Waals surface area contributed by atoms with Crippen molar-refractivity contribution in [2.75, 3.05) is 0 Å². The summed E-state index contributed by atoms with van der Waals surface area (Å²) in [5.74, 6) is -0.729. The van der Waals surface area contributed by atoms with Crippen LogP contribution in [0.5, 0.6) is 0 Å². The van der Waals surface area contributed by atoms with Gasteiger partial charge in [0.15, 0.2) is 0 Å². The lowest BCUT2D eigenvalue weighted by molar-refractivity contribution is 0.615. The molecule has 1 aromatic rings. The first-order valence-electron chi connectivity index (χ1n) is 3.92. The molecule has 0 spiro atoms. The number of hydrogen-bond acceptors (Lipinski definition) is 1. The molecule has 68 valence electrons. The molecule has 0 N–H and O–H groups in total. The first kappa shape index (κ1) is 10.0. The Labute approximate surface area is 81.8 Å². The van der Waals surface area contributed by atoms with Crippen LogP contribution < -0.4 is 0 Å². The van der Waals surface area contributed by atoms with Crippen LogP contribution in [0.25, 0.3) is 0 Å². The average molecular weight is 198 g/mol. The minimum atomic E-state index is -0.429. The minimum Gasteiger partial charge on any atom is -0.205 e. The van der Waals surface area contributed by atoms with Gasteiger partial charge in [0.05, 0.1) is 17.0 Å². The van der Waals surface area contributed by atoms with Gasteiger partial charge in [-0.1, -0.05) is 17.7 Å². The number of nitrogens with zero attached hydrogens (tertiary/aromatic N) is 1. The van der Waals surface area contributed by atoms with E-state index >= 15 is 0 Å². The van der Waals surface area contributed by atoms with E-state index in [2.05, 4.69) is 6.07 Å². The highest BCUT2D eigenvalue weighted by Crippen LogP contribution is 2.25. The van der Waals surface area contributed by atoms with Gasteiger partial charge >= 0.3 is 0 Å². The van der Waals surface area contributed by atoms with Crippen LogP contribution in [-0.2, 0) is 0 Å². The van der Waals surface area contributed by atoms with Crippen molar-refractivity contribution in [1.29, 1.82) is 5.26 Å². The van der Waals surface area contributed by atoms with Crippen molar-refractivity contribution in [3.63, 3.8) is 0 Å². The predicted molar refractivity (Wildman–Crippen MR) is 50.2 cm³/mol. The molecule has 3 heteroatoms. The van der Waals surface area contributed by atoms with E-state index in [1.165, 1.54) is 6.07 Å². The molecule has 0 radical (unpaired) electrons. The Morgan fingerprint density at radius 2 is 2.15 bits per heavy atom. The SMILES string of the molecule is Cc1c(C(C)C#N)ccc(Cl)c1F. The molecule has 1 unspecified atom stereocenters. The summed E-state index contributed by atoms with van der Waals surface area (Å²) in [4.78, 5) is 0. The van der Waals surface area contributed by atoms with Crippen molar-refractivity contribution >= 4 is 11.6 Å². The average Bonchev–Trinajstić information content (AvgIpc) is 2.13. The third-order valence-electron chi connectivity index (χ3n) is 2.04. The van der Waals surface area contributed by atoms with Crippen LogP contribution >= 0.6 is 11.6 Å². The normalized spacial score (nSPS) is 12.2. The largest absolute Gasteiger partial charge is 0.205 e. The first-order valence-corrected chi connectivity index (χ1v) is 4.29. The molecule has 13 heavy (non-hydrogen) atoms. The summed E-state index contributed by atoms with van der Waals surface area (Å²) in [6, 6.07) is 5.23. The van der Waals surface area contributed by atoms with Gasteiger partial charge in [0.2, 0.25) is 0 Å². The monoisotopic (exact) mass is 197 g/mol. The molecule has 0 fully saturated rings. The van der Waals surface area contributed by atoms with Crippen LogP contribution in [0.3, 0.4) is 0 Å². The summed E-state index contributed by atoms with van der Waals surface area (Å²) < 4.78 is 13.2. The van der Waals surface area contributed by atoms with Crippen molar-refractivity contribution < 1.29 is 4.39 Å². The van der Waals surface area contributed by atoms with Gasteiger partial charge in [0.25, 0.3) is 0 Å². The summed E-state index contributed by atoms with van der Waals surface area (Å²) >= 11 is 5.58. The highest BCUT2D eigenvalue weighted by Gasteiger charge is 2.12. The molecule has 0 amide bonds. The Bertz CT molecular complexity index is 368. The van der Waals surface area contributed by atoms with Crippen LogP contribution in [0, 0.1) is 24.1 Å². The van der Waals surface area contributed by atoms with E-state index in [-0.39, 0.29) is 10.9 Å². The van der Waals surface area contributed by atoms with Gasteiger partial charge in [-0.15, -0.1) is 0 Å². The number of benzene rings is 1. The van der Waals surface area contributed by atoms with Crippen molar-refractivity contribution in [3.8, 4) is 6.07 Å². The topological polar surface area (TPSA) is 23.8 Å². The maximum atomic E-state index is 13.2. The van der Waals surface area contributed by atoms with Gasteiger partial charge in [-0.2, -0.15) is 5.26 Å². The Morgan fingerprint density at radius 1 is 1.54 bits per heavy atom. The van der Waals surface area contributed by atoms with Crippen molar-refractivity contribution in [2.45, 2.75) is 19.8 Å². The van der Waals surface area contributed by atoms with Gasteiger partial charge < -0.3 is 0 Å². The standard InChI is InChI=1S/C10H9ClFN/c1-6(5-13)8-3-4-9(11)10(12)7(8)2/h3-4,6H,1-2H3. The molecule has 0 bridgehead atoms. The smallest absolute Gasteiger partial charge is 0.145 e. The van der Waals surface area contributed by atoms with E-state index in [1.54, 1.807) is 19.9 Å². The Balaban J connectivity index is 3.28. The van der Waals surface area contributed by atoms with E-state index in [1.807, 2.05) is 0 Å². The van der Waals surface area contributed by atoms with E-state index in [4.69, 9.17) is 16.9 Å². The quantitative estimate of drug-likeness (QED) is 0.677. The molecule has 0 aliphatic rings. The van der Waals surface area contributed by atoms with Crippen LogP contribution in [0.4, 0.5) is 4.39 Å². The summed E-state index contributed by atoms with van der Waals surface area (Å²) in [7, 11) is 0. The fourth-order valence-electron chi connectivity index (χ4n) is 1.21. The zero-order valence-electron chi connectivity index (χ0n) is 7.44. The Kier molecular flexibility index (Phi) is 2.90. The summed E-state index contributed by atoms with van der Waals surface area (Å²) in [5.41, 5.74) is 1.16. The van der Waals surface area contributed by atoms with Gasteiger partial charge in [-0.05, 0) is 31.0 Å². The van der Waals surface area contributed by atoms with E-state index < -0.39 is 5.82 Å². The molecule has 0 saturated carbocycles. The molecule has 1 atom stereocenters. The number of hydrogen-bond donors (Lipinski definition) is 0. The lowest BCUT2D eigenvalue weighted by Crippen LogP contribution is -1.96. The number of nitriles is 1. The molecule has 0 heterocycles. The summed E-state index contributed by atoms with van der Waals surface area (Å²) in [6.45, 7) is 3.36. The van der Waals surface area contributed by atoms with Crippen molar-refractivity contribution in [3.05, 3.63) is 34.1 Å². The highest BCUT2D eigenvalue weighted by molar-refractivity contribution is 6.30. The Hall–Kier alpha value is -1.07. The fourth-order valence-corrected chi connectivity index (χ4v) is 1.41. The van der Waals surface area contributed by atoms with Crippen molar-refractivity contribution in [1.82, 2.24) is 0 Å². The minimum absolute atomic E-state index is 0.103. The van der Waals surface area contributed by atoms with Gasteiger partial charge in [0, 0.05) is 0 Å². The van der Waals surface area contributed by atoms with E-state index in [0.29, 0.717) is 11.1 Å². The zero-order chi connectivity index (χ0) is 10.0. The first-order chi connectivity index (χ1) is 6.07. The molecule has 0 saturated heterocycles. The summed E-state index contributed by atoms with van der Waals surface area (Å²) in [5, 5.41) is 8.77. The van der Waals surface area contributed by atoms with Crippen LogP contribution in [0.2, 0.25) is 5.02 Å². The molecule has 1 aromatic carbocycles. The molecule has 0 aromatic heterocycles. The second-order valence-corrected chi connectivity index (χ2v) is 3.33. The van der Waals surface area contributed by atoms with Crippen LogP contribution in [-0.4, -0.2) is 0 Å². The summed E-state index contributed by atoms with van der Waals surface area (Å²) in [6.07, 6.45) is 0. The molecule has 1 rings (SSSR count).